The molecule has 5 heteroatoms. The highest BCUT2D eigenvalue weighted by atomic mass is 32.2. The van der Waals surface area contributed by atoms with E-state index in [0.29, 0.717) is 6.54 Å². The van der Waals surface area contributed by atoms with E-state index >= 15 is 0 Å². The van der Waals surface area contributed by atoms with Crippen molar-refractivity contribution in [1.29, 1.82) is 0 Å². The van der Waals surface area contributed by atoms with E-state index in [1.165, 1.54) is 11.8 Å². The van der Waals surface area contributed by atoms with Gasteiger partial charge in [0.05, 0.1) is 11.9 Å². The van der Waals surface area contributed by atoms with Gasteiger partial charge in [-0.15, -0.1) is 0 Å². The molecule has 1 spiro atoms. The number of hydrogen-bond acceptors (Lipinski definition) is 3. The summed E-state index contributed by atoms with van der Waals surface area (Å²) in [5.74, 6) is 0. The van der Waals surface area contributed by atoms with Gasteiger partial charge in [0.1, 0.15) is 0 Å². The molecular weight excluding hydrogens is 284 g/mol. The molecular formula is C16H26N2O2S. The average Bonchev–Trinajstić information content (AvgIpc) is 2.80. The molecule has 0 aliphatic carbocycles. The normalized spacial score (nSPS) is 20.9. The fraction of sp³-hybridized carbons (Fsp3) is 0.625. The van der Waals surface area contributed by atoms with Crippen LogP contribution in [0.15, 0.2) is 24.3 Å². The van der Waals surface area contributed by atoms with Crippen molar-refractivity contribution in [3.8, 4) is 0 Å². The van der Waals surface area contributed by atoms with E-state index in [1.54, 1.807) is 4.31 Å². The minimum absolute atomic E-state index is 0.0200. The second kappa shape index (κ2) is 5.97. The number of piperidine rings is 1. The van der Waals surface area contributed by atoms with Gasteiger partial charge in [-0.2, -0.15) is 0 Å². The lowest BCUT2D eigenvalue weighted by atomic mass is 9.74. The number of hydrogen-bond donors (Lipinski definition) is 0. The molecule has 2 aliphatic heterocycles. The number of para-hydroxylation sites is 1. The fourth-order valence-electron chi connectivity index (χ4n) is 3.35. The zero-order valence-electron chi connectivity index (χ0n) is 13.5. The van der Waals surface area contributed by atoms with Crippen molar-refractivity contribution in [3.63, 3.8) is 0 Å². The summed E-state index contributed by atoms with van der Waals surface area (Å²) in [4.78, 5) is 2.32. The van der Waals surface area contributed by atoms with Gasteiger partial charge in [0.15, 0.2) is 0 Å². The quantitative estimate of drug-likeness (QED) is 0.800. The highest BCUT2D eigenvalue weighted by Gasteiger charge is 2.46. The third-order valence-electron chi connectivity index (χ3n) is 4.53. The number of rotatable bonds is 1. The van der Waals surface area contributed by atoms with Gasteiger partial charge < -0.3 is 4.90 Å². The Morgan fingerprint density at radius 2 is 1.67 bits per heavy atom. The summed E-state index contributed by atoms with van der Waals surface area (Å²) < 4.78 is 25.6. The van der Waals surface area contributed by atoms with E-state index in [1.807, 2.05) is 32.0 Å². The van der Waals surface area contributed by atoms with Gasteiger partial charge in [0.2, 0.25) is 10.0 Å². The molecule has 0 N–H and O–H groups in total. The summed E-state index contributed by atoms with van der Waals surface area (Å²) in [7, 11) is -1.06. The molecule has 0 aromatic heterocycles. The molecule has 118 valence electrons. The molecule has 1 aromatic rings. The molecule has 1 saturated heterocycles. The molecule has 1 fully saturated rings. The number of fused-ring (bicyclic) bond motifs is 2. The van der Waals surface area contributed by atoms with E-state index in [9.17, 15) is 8.42 Å². The van der Waals surface area contributed by atoms with Crippen LogP contribution in [0.3, 0.4) is 0 Å². The van der Waals surface area contributed by atoms with E-state index in [2.05, 4.69) is 18.0 Å². The molecule has 21 heavy (non-hydrogen) atoms. The first kappa shape index (κ1) is 16.3. The van der Waals surface area contributed by atoms with Crippen molar-refractivity contribution in [2.75, 3.05) is 37.2 Å². The predicted octanol–water partition coefficient (Wildman–Crippen LogP) is 2.46. The van der Waals surface area contributed by atoms with Crippen LogP contribution in [0.2, 0.25) is 0 Å². The lowest BCUT2D eigenvalue weighted by Gasteiger charge is -2.38. The molecule has 0 unspecified atom stereocenters. The molecule has 0 atom stereocenters. The lowest BCUT2D eigenvalue weighted by molar-refractivity contribution is 0.198. The van der Waals surface area contributed by atoms with Crippen molar-refractivity contribution in [2.45, 2.75) is 32.1 Å². The van der Waals surface area contributed by atoms with E-state index in [-0.39, 0.29) is 5.41 Å². The van der Waals surface area contributed by atoms with Crippen molar-refractivity contribution in [1.82, 2.24) is 4.90 Å². The summed E-state index contributed by atoms with van der Waals surface area (Å²) in [5.41, 5.74) is 2.12. The number of nitrogens with zero attached hydrogens (tertiary/aromatic N) is 2. The Hall–Kier alpha value is -1.07. The van der Waals surface area contributed by atoms with Crippen molar-refractivity contribution >= 4 is 15.7 Å². The number of anilines is 1. The van der Waals surface area contributed by atoms with Crippen LogP contribution in [-0.2, 0) is 15.4 Å². The third kappa shape index (κ3) is 2.94. The Kier molecular flexibility index (Phi) is 4.63. The monoisotopic (exact) mass is 310 g/mol. The standard InChI is InChI=1S/C14H20N2O2S.C2H6/c1-15-9-7-14(8-10-15)11-16(19(2,17)18)13-6-4-3-5-12(13)14;1-2/h3-6H,7-11H2,1-2H3;1-2H3. The highest BCUT2D eigenvalue weighted by Crippen LogP contribution is 2.47. The van der Waals surface area contributed by atoms with E-state index in [0.717, 1.165) is 31.6 Å². The van der Waals surface area contributed by atoms with Crippen molar-refractivity contribution in [3.05, 3.63) is 29.8 Å². The SMILES string of the molecule is CC.CN1CCC2(CC1)CN(S(C)(=O)=O)c1ccccc12. The molecule has 4 nitrogen and oxygen atoms in total. The average molecular weight is 310 g/mol. The van der Waals surface area contributed by atoms with Crippen LogP contribution in [0.5, 0.6) is 0 Å². The van der Waals surface area contributed by atoms with Crippen LogP contribution in [0, 0.1) is 0 Å². The fourth-order valence-corrected chi connectivity index (χ4v) is 4.35. The first-order valence-corrected chi connectivity index (χ1v) is 9.53. The van der Waals surface area contributed by atoms with Crippen molar-refractivity contribution in [2.24, 2.45) is 0 Å². The number of benzene rings is 1. The summed E-state index contributed by atoms with van der Waals surface area (Å²) in [6.45, 7) is 6.68. The van der Waals surface area contributed by atoms with Crippen LogP contribution in [0.25, 0.3) is 0 Å². The number of sulfonamides is 1. The van der Waals surface area contributed by atoms with Crippen LogP contribution < -0.4 is 4.31 Å². The molecule has 0 amide bonds. The Labute approximate surface area is 128 Å². The van der Waals surface area contributed by atoms with Crippen LogP contribution in [0.4, 0.5) is 5.69 Å². The maximum Gasteiger partial charge on any atom is 0.232 e. The zero-order valence-corrected chi connectivity index (χ0v) is 14.3. The molecule has 1 aromatic carbocycles. The van der Waals surface area contributed by atoms with Gasteiger partial charge in [-0.25, -0.2) is 8.42 Å². The largest absolute Gasteiger partial charge is 0.306 e. The van der Waals surface area contributed by atoms with Gasteiger partial charge in [-0.3, -0.25) is 4.31 Å². The maximum atomic E-state index is 12.0. The van der Waals surface area contributed by atoms with Gasteiger partial charge in [0, 0.05) is 12.0 Å². The smallest absolute Gasteiger partial charge is 0.232 e. The van der Waals surface area contributed by atoms with Crippen LogP contribution in [-0.4, -0.2) is 46.3 Å². The van der Waals surface area contributed by atoms with Crippen LogP contribution >= 0.6 is 0 Å². The summed E-state index contributed by atoms with van der Waals surface area (Å²) >= 11 is 0. The second-order valence-electron chi connectivity index (χ2n) is 5.87. The van der Waals surface area contributed by atoms with Gasteiger partial charge in [-0.1, -0.05) is 32.0 Å². The minimum Gasteiger partial charge on any atom is -0.306 e. The summed E-state index contributed by atoms with van der Waals surface area (Å²) in [6, 6.07) is 7.98. The summed E-state index contributed by atoms with van der Waals surface area (Å²) in [6.07, 6.45) is 3.37. The molecule has 0 bridgehead atoms. The Balaban J connectivity index is 0.000000774. The van der Waals surface area contributed by atoms with Crippen LogP contribution in [0.1, 0.15) is 32.3 Å². The predicted molar refractivity (Wildman–Crippen MR) is 88.4 cm³/mol. The topological polar surface area (TPSA) is 40.6 Å². The molecule has 0 saturated carbocycles. The van der Waals surface area contributed by atoms with E-state index < -0.39 is 10.0 Å². The number of likely N-dealkylation sites (tertiary alicyclic amines) is 1. The maximum absolute atomic E-state index is 12.0. The van der Waals surface area contributed by atoms with Gasteiger partial charge in [0.25, 0.3) is 0 Å². The second-order valence-corrected chi connectivity index (χ2v) is 7.78. The first-order valence-electron chi connectivity index (χ1n) is 7.68. The van der Waals surface area contributed by atoms with E-state index in [4.69, 9.17) is 0 Å². The first-order chi connectivity index (χ1) is 9.92. The molecule has 2 heterocycles. The van der Waals surface area contributed by atoms with Gasteiger partial charge in [-0.05, 0) is 44.6 Å². The Morgan fingerprint density at radius 1 is 1.10 bits per heavy atom. The minimum atomic E-state index is -3.19. The molecule has 2 aliphatic rings. The highest BCUT2D eigenvalue weighted by molar-refractivity contribution is 7.92. The Bertz CT molecular complexity index is 590. The van der Waals surface area contributed by atoms with Crippen molar-refractivity contribution < 1.29 is 8.42 Å². The molecule has 0 radical (unpaired) electrons. The lowest BCUT2D eigenvalue weighted by Crippen LogP contribution is -2.44. The molecule has 3 rings (SSSR count). The summed E-state index contributed by atoms with van der Waals surface area (Å²) in [5, 5.41) is 0. The third-order valence-corrected chi connectivity index (χ3v) is 5.66. The van der Waals surface area contributed by atoms with Gasteiger partial charge >= 0.3 is 0 Å². The Morgan fingerprint density at radius 3 is 2.24 bits per heavy atom. The zero-order chi connectivity index (χ0) is 15.7.